The fourth-order valence-electron chi connectivity index (χ4n) is 2.66. The normalized spacial score (nSPS) is 10.6. The van der Waals surface area contributed by atoms with Gasteiger partial charge in [-0.3, -0.25) is 4.79 Å². The van der Waals surface area contributed by atoms with E-state index in [4.69, 9.17) is 5.26 Å². The topological polar surface area (TPSA) is 65.2 Å². The van der Waals surface area contributed by atoms with E-state index >= 15 is 0 Å². The highest BCUT2D eigenvalue weighted by molar-refractivity contribution is 5.88. The minimum Gasteiger partial charge on any atom is -0.272 e. The van der Waals surface area contributed by atoms with Gasteiger partial charge in [0.1, 0.15) is 0 Å². The van der Waals surface area contributed by atoms with Crippen LogP contribution in [0.25, 0.3) is 0 Å². The van der Waals surface area contributed by atoms with Crippen LogP contribution < -0.4 is 5.43 Å². The summed E-state index contributed by atoms with van der Waals surface area (Å²) in [6.45, 7) is 0. The van der Waals surface area contributed by atoms with Crippen molar-refractivity contribution in [1.29, 1.82) is 5.26 Å². The number of carbonyl (C=O) groups is 1. The molecule has 0 aliphatic carbocycles. The summed E-state index contributed by atoms with van der Waals surface area (Å²) in [6, 6.07) is 28.3. The zero-order valence-electron chi connectivity index (χ0n) is 14.0. The number of benzene rings is 3. The molecular formula is C22H17N3O. The minimum absolute atomic E-state index is 0.202. The molecule has 0 bridgehead atoms. The maximum Gasteiger partial charge on any atom is 0.252 e. The molecule has 1 amide bonds. The van der Waals surface area contributed by atoms with Crippen molar-refractivity contribution in [3.63, 3.8) is 0 Å². The summed E-state index contributed by atoms with van der Waals surface area (Å²) in [7, 11) is 0. The van der Waals surface area contributed by atoms with Crippen LogP contribution in [0.3, 0.4) is 0 Å². The van der Waals surface area contributed by atoms with E-state index in [0.29, 0.717) is 5.56 Å². The number of nitrogens with zero attached hydrogens (tertiary/aromatic N) is 2. The monoisotopic (exact) mass is 339 g/mol. The summed E-state index contributed by atoms with van der Waals surface area (Å²) in [4.78, 5) is 12.8. The Hall–Kier alpha value is -3.71. The number of hydrogen-bond donors (Lipinski definition) is 1. The lowest BCUT2D eigenvalue weighted by Gasteiger charge is -2.16. The Morgan fingerprint density at radius 2 is 1.42 bits per heavy atom. The van der Waals surface area contributed by atoms with Crippen molar-refractivity contribution in [2.24, 2.45) is 5.10 Å². The quantitative estimate of drug-likeness (QED) is 0.567. The first-order valence-electron chi connectivity index (χ1n) is 8.21. The van der Waals surface area contributed by atoms with Crippen molar-refractivity contribution in [2.45, 2.75) is 5.92 Å². The highest BCUT2D eigenvalue weighted by atomic mass is 16.2. The second kappa shape index (κ2) is 8.41. The van der Waals surface area contributed by atoms with Crippen LogP contribution in [-0.2, 0) is 4.79 Å². The fourth-order valence-corrected chi connectivity index (χ4v) is 2.66. The molecule has 0 radical (unpaired) electrons. The number of rotatable bonds is 5. The van der Waals surface area contributed by atoms with Gasteiger partial charge in [-0.25, -0.2) is 5.43 Å². The Morgan fingerprint density at radius 3 is 1.92 bits per heavy atom. The van der Waals surface area contributed by atoms with Crippen LogP contribution >= 0.6 is 0 Å². The van der Waals surface area contributed by atoms with Crippen molar-refractivity contribution < 1.29 is 4.79 Å². The summed E-state index contributed by atoms with van der Waals surface area (Å²) < 4.78 is 0. The molecule has 0 aliphatic rings. The van der Waals surface area contributed by atoms with Gasteiger partial charge in [-0.15, -0.1) is 0 Å². The molecule has 3 rings (SSSR count). The highest BCUT2D eigenvalue weighted by Gasteiger charge is 2.22. The molecule has 0 aliphatic heterocycles. The zero-order chi connectivity index (χ0) is 18.2. The van der Waals surface area contributed by atoms with Crippen molar-refractivity contribution in [1.82, 2.24) is 5.43 Å². The predicted octanol–water partition coefficient (Wildman–Crippen LogP) is 3.84. The molecule has 1 N–H and O–H groups in total. The van der Waals surface area contributed by atoms with Crippen LogP contribution in [0.15, 0.2) is 90.0 Å². The second-order valence-corrected chi connectivity index (χ2v) is 5.72. The van der Waals surface area contributed by atoms with Crippen LogP contribution in [-0.4, -0.2) is 12.1 Å². The maximum atomic E-state index is 12.8. The van der Waals surface area contributed by atoms with E-state index < -0.39 is 5.92 Å². The minimum atomic E-state index is -0.435. The molecule has 4 nitrogen and oxygen atoms in total. The van der Waals surface area contributed by atoms with Crippen molar-refractivity contribution in [2.75, 3.05) is 0 Å². The molecule has 0 fully saturated rings. The largest absolute Gasteiger partial charge is 0.272 e. The van der Waals surface area contributed by atoms with Crippen molar-refractivity contribution >= 4 is 12.1 Å². The van der Waals surface area contributed by atoms with E-state index in [9.17, 15) is 4.79 Å². The standard InChI is InChI=1S/C22H17N3O/c23-15-17-11-13-18(14-12-17)16-24-25-22(26)21(19-7-3-1-4-8-19)20-9-5-2-6-10-20/h1-14,16,21H,(H,25,26). The molecule has 0 aromatic heterocycles. The summed E-state index contributed by atoms with van der Waals surface area (Å²) in [5.41, 5.74) is 5.83. The molecule has 0 atom stereocenters. The number of nitrogens with one attached hydrogen (secondary N) is 1. The van der Waals surface area contributed by atoms with Crippen LogP contribution in [0.1, 0.15) is 28.2 Å². The number of nitriles is 1. The van der Waals surface area contributed by atoms with Gasteiger partial charge >= 0.3 is 0 Å². The molecule has 0 heterocycles. The molecule has 3 aromatic carbocycles. The lowest BCUT2D eigenvalue weighted by molar-refractivity contribution is -0.121. The van der Waals surface area contributed by atoms with E-state index in [0.717, 1.165) is 16.7 Å². The average molecular weight is 339 g/mol. The van der Waals surface area contributed by atoms with E-state index in [1.807, 2.05) is 60.7 Å². The number of hydrazone groups is 1. The van der Waals surface area contributed by atoms with Gasteiger partial charge in [0.05, 0.1) is 23.8 Å². The Morgan fingerprint density at radius 1 is 0.885 bits per heavy atom. The van der Waals surface area contributed by atoms with E-state index in [1.165, 1.54) is 0 Å². The lowest BCUT2D eigenvalue weighted by Crippen LogP contribution is -2.26. The molecule has 0 spiro atoms. The van der Waals surface area contributed by atoms with Crippen LogP contribution in [0.4, 0.5) is 0 Å². The van der Waals surface area contributed by atoms with Gasteiger partial charge in [0.25, 0.3) is 5.91 Å². The van der Waals surface area contributed by atoms with Crippen LogP contribution in [0, 0.1) is 11.3 Å². The Bertz CT molecular complexity index is 887. The smallest absolute Gasteiger partial charge is 0.252 e. The summed E-state index contributed by atoms with van der Waals surface area (Å²) in [5, 5.41) is 12.9. The molecule has 0 saturated carbocycles. The second-order valence-electron chi connectivity index (χ2n) is 5.72. The molecule has 4 heteroatoms. The summed E-state index contributed by atoms with van der Waals surface area (Å²) in [5.74, 6) is -0.636. The Kier molecular flexibility index (Phi) is 5.54. The summed E-state index contributed by atoms with van der Waals surface area (Å²) >= 11 is 0. The van der Waals surface area contributed by atoms with E-state index in [-0.39, 0.29) is 5.91 Å². The first-order valence-corrected chi connectivity index (χ1v) is 8.21. The third-order valence-corrected chi connectivity index (χ3v) is 3.96. The lowest BCUT2D eigenvalue weighted by atomic mass is 9.91. The maximum absolute atomic E-state index is 12.8. The summed E-state index contributed by atoms with van der Waals surface area (Å²) in [6.07, 6.45) is 1.56. The zero-order valence-corrected chi connectivity index (χ0v) is 14.0. The average Bonchev–Trinajstić information content (AvgIpc) is 2.70. The molecule has 3 aromatic rings. The fraction of sp³-hybridized carbons (Fsp3) is 0.0455. The van der Waals surface area contributed by atoms with Gasteiger partial charge in [-0.05, 0) is 28.8 Å². The van der Waals surface area contributed by atoms with Gasteiger partial charge in [-0.2, -0.15) is 10.4 Å². The van der Waals surface area contributed by atoms with Gasteiger partial charge in [0, 0.05) is 0 Å². The van der Waals surface area contributed by atoms with Gasteiger partial charge < -0.3 is 0 Å². The molecule has 126 valence electrons. The Labute approximate surface area is 152 Å². The van der Waals surface area contributed by atoms with Gasteiger partial charge in [0.15, 0.2) is 0 Å². The van der Waals surface area contributed by atoms with Crippen molar-refractivity contribution in [3.8, 4) is 6.07 Å². The number of carbonyl (C=O) groups excluding carboxylic acids is 1. The Balaban J connectivity index is 1.77. The van der Waals surface area contributed by atoms with Crippen LogP contribution in [0.5, 0.6) is 0 Å². The third kappa shape index (κ3) is 4.22. The number of amides is 1. The van der Waals surface area contributed by atoms with E-state index in [1.54, 1.807) is 30.5 Å². The highest BCUT2D eigenvalue weighted by Crippen LogP contribution is 2.24. The van der Waals surface area contributed by atoms with Crippen LogP contribution in [0.2, 0.25) is 0 Å². The molecule has 0 saturated heterocycles. The van der Waals surface area contributed by atoms with E-state index in [2.05, 4.69) is 16.6 Å². The molecule has 26 heavy (non-hydrogen) atoms. The number of hydrogen-bond acceptors (Lipinski definition) is 3. The predicted molar refractivity (Wildman–Crippen MR) is 102 cm³/mol. The third-order valence-electron chi connectivity index (χ3n) is 3.96. The SMILES string of the molecule is N#Cc1ccc(C=NNC(=O)C(c2ccccc2)c2ccccc2)cc1. The van der Waals surface area contributed by atoms with Crippen molar-refractivity contribution in [3.05, 3.63) is 107 Å². The van der Waals surface area contributed by atoms with Gasteiger partial charge in [-0.1, -0.05) is 72.8 Å². The molecule has 0 unspecified atom stereocenters. The first-order chi connectivity index (χ1) is 12.8. The van der Waals surface area contributed by atoms with Gasteiger partial charge in [0.2, 0.25) is 0 Å². The first kappa shape index (κ1) is 17.1. The molecular weight excluding hydrogens is 322 g/mol.